The van der Waals surface area contributed by atoms with Crippen molar-refractivity contribution in [1.82, 2.24) is 5.32 Å². The minimum absolute atomic E-state index is 0. The molecule has 0 spiro atoms. The molecule has 1 unspecified atom stereocenters. The molecule has 1 aromatic carbocycles. The molecule has 2 nitrogen and oxygen atoms in total. The Hall–Kier alpha value is -0.780. The van der Waals surface area contributed by atoms with E-state index >= 15 is 0 Å². The molecule has 0 aliphatic carbocycles. The van der Waals surface area contributed by atoms with E-state index in [9.17, 15) is 13.2 Å². The molecule has 108 valence electrons. The number of nitrogens with one attached hydrogen (secondary N) is 1. The molecule has 0 radical (unpaired) electrons. The van der Waals surface area contributed by atoms with Gasteiger partial charge >= 0.3 is 6.18 Å². The Labute approximate surface area is 116 Å². The summed E-state index contributed by atoms with van der Waals surface area (Å²) in [5.41, 5.74) is -0.107. The zero-order valence-corrected chi connectivity index (χ0v) is 11.6. The minimum atomic E-state index is -4.29. The fourth-order valence-electron chi connectivity index (χ4n) is 2.03. The number of alkyl halides is 3. The van der Waals surface area contributed by atoms with Gasteiger partial charge in [0.2, 0.25) is 0 Å². The number of ether oxygens (including phenoxy) is 1. The molecule has 1 aliphatic rings. The first-order chi connectivity index (χ1) is 8.26. The summed E-state index contributed by atoms with van der Waals surface area (Å²) in [6.45, 7) is 4.56. The van der Waals surface area contributed by atoms with Crippen molar-refractivity contribution in [2.24, 2.45) is 0 Å². The van der Waals surface area contributed by atoms with E-state index in [0.29, 0.717) is 18.6 Å². The summed E-state index contributed by atoms with van der Waals surface area (Å²) in [5, 5.41) is 3.23. The summed E-state index contributed by atoms with van der Waals surface area (Å²) in [6.07, 6.45) is -4.07. The second kappa shape index (κ2) is 5.69. The number of rotatable bonds is 2. The van der Waals surface area contributed by atoms with E-state index in [1.54, 1.807) is 6.07 Å². The zero-order chi connectivity index (χ0) is 13.4. The average molecular weight is 296 g/mol. The van der Waals surface area contributed by atoms with E-state index < -0.39 is 11.7 Å². The maximum atomic E-state index is 12.6. The standard InChI is InChI=1S/C13H16F3NO.ClH/c1-12(2)8-18-11(17-12)7-9-4-3-5-10(6-9)13(14,15)16;/h3-6,11,17H,7-8H2,1-2H3;1H. The summed E-state index contributed by atoms with van der Waals surface area (Å²) in [7, 11) is 0. The van der Waals surface area contributed by atoms with E-state index in [4.69, 9.17) is 4.74 Å². The predicted molar refractivity (Wildman–Crippen MR) is 69.4 cm³/mol. The largest absolute Gasteiger partial charge is 0.416 e. The topological polar surface area (TPSA) is 21.3 Å². The predicted octanol–water partition coefficient (Wildman–Crippen LogP) is 3.39. The molecule has 2 rings (SSSR count). The Morgan fingerprint density at radius 3 is 2.58 bits per heavy atom. The van der Waals surface area contributed by atoms with Gasteiger partial charge in [0, 0.05) is 12.0 Å². The van der Waals surface area contributed by atoms with Gasteiger partial charge in [0.05, 0.1) is 12.2 Å². The molecule has 1 saturated heterocycles. The summed E-state index contributed by atoms with van der Waals surface area (Å²) >= 11 is 0. The lowest BCUT2D eigenvalue weighted by Crippen LogP contribution is -2.39. The van der Waals surface area contributed by atoms with Crippen LogP contribution in [0.15, 0.2) is 24.3 Å². The van der Waals surface area contributed by atoms with Gasteiger partial charge in [-0.25, -0.2) is 0 Å². The maximum absolute atomic E-state index is 12.6. The van der Waals surface area contributed by atoms with E-state index in [1.165, 1.54) is 12.1 Å². The molecular weight excluding hydrogens is 279 g/mol. The number of benzene rings is 1. The van der Waals surface area contributed by atoms with Crippen LogP contribution in [0, 0.1) is 0 Å². The lowest BCUT2D eigenvalue weighted by atomic mass is 10.1. The monoisotopic (exact) mass is 295 g/mol. The SMILES string of the molecule is CC1(C)COC(Cc2cccc(C(F)(F)F)c2)N1.Cl. The fourth-order valence-corrected chi connectivity index (χ4v) is 2.03. The van der Waals surface area contributed by atoms with Crippen molar-refractivity contribution in [2.45, 2.75) is 38.2 Å². The van der Waals surface area contributed by atoms with Crippen LogP contribution in [0.25, 0.3) is 0 Å². The van der Waals surface area contributed by atoms with Gasteiger partial charge in [-0.3, -0.25) is 5.32 Å². The van der Waals surface area contributed by atoms with Gasteiger partial charge in [0.15, 0.2) is 0 Å². The smallest absolute Gasteiger partial charge is 0.361 e. The van der Waals surface area contributed by atoms with Crippen LogP contribution in [-0.2, 0) is 17.3 Å². The van der Waals surface area contributed by atoms with Crippen LogP contribution < -0.4 is 5.32 Å². The van der Waals surface area contributed by atoms with E-state index in [2.05, 4.69) is 5.32 Å². The van der Waals surface area contributed by atoms with Crippen molar-refractivity contribution in [3.8, 4) is 0 Å². The van der Waals surface area contributed by atoms with Crippen molar-refractivity contribution in [3.05, 3.63) is 35.4 Å². The summed E-state index contributed by atoms with van der Waals surface area (Å²) in [4.78, 5) is 0. The van der Waals surface area contributed by atoms with Gasteiger partial charge in [0.25, 0.3) is 0 Å². The normalized spacial score (nSPS) is 22.1. The Morgan fingerprint density at radius 1 is 1.37 bits per heavy atom. The van der Waals surface area contributed by atoms with Crippen LogP contribution in [0.1, 0.15) is 25.0 Å². The maximum Gasteiger partial charge on any atom is 0.416 e. The molecular formula is C13H17ClF3NO. The van der Waals surface area contributed by atoms with Gasteiger partial charge in [-0.2, -0.15) is 13.2 Å². The number of hydrogen-bond acceptors (Lipinski definition) is 2. The Bertz CT molecular complexity index is 434. The second-order valence-electron chi connectivity index (χ2n) is 5.23. The van der Waals surface area contributed by atoms with E-state index in [1.807, 2.05) is 13.8 Å². The molecule has 1 heterocycles. The third-order valence-corrected chi connectivity index (χ3v) is 2.87. The zero-order valence-electron chi connectivity index (χ0n) is 10.8. The quantitative estimate of drug-likeness (QED) is 0.903. The van der Waals surface area contributed by atoms with Gasteiger partial charge in [-0.05, 0) is 25.5 Å². The van der Waals surface area contributed by atoms with Crippen molar-refractivity contribution in [3.63, 3.8) is 0 Å². The van der Waals surface area contributed by atoms with E-state index in [-0.39, 0.29) is 24.2 Å². The molecule has 0 saturated carbocycles. The van der Waals surface area contributed by atoms with Gasteiger partial charge in [-0.1, -0.05) is 18.2 Å². The molecule has 0 aromatic heterocycles. The molecule has 1 N–H and O–H groups in total. The first-order valence-corrected chi connectivity index (χ1v) is 5.82. The highest BCUT2D eigenvalue weighted by Crippen LogP contribution is 2.30. The van der Waals surface area contributed by atoms with Crippen LogP contribution in [-0.4, -0.2) is 18.4 Å². The first-order valence-electron chi connectivity index (χ1n) is 5.82. The number of hydrogen-bond donors (Lipinski definition) is 1. The third-order valence-electron chi connectivity index (χ3n) is 2.87. The van der Waals surface area contributed by atoms with Crippen molar-refractivity contribution < 1.29 is 17.9 Å². The van der Waals surface area contributed by atoms with Crippen molar-refractivity contribution in [2.75, 3.05) is 6.61 Å². The average Bonchev–Trinajstić information content (AvgIpc) is 2.57. The fraction of sp³-hybridized carbons (Fsp3) is 0.538. The molecule has 6 heteroatoms. The molecule has 0 bridgehead atoms. The first kappa shape index (κ1) is 16.3. The Balaban J connectivity index is 0.00000180. The minimum Gasteiger partial charge on any atom is -0.361 e. The molecule has 1 fully saturated rings. The van der Waals surface area contributed by atoms with Gasteiger partial charge in [0.1, 0.15) is 6.23 Å². The van der Waals surface area contributed by atoms with Crippen LogP contribution in [0.5, 0.6) is 0 Å². The molecule has 1 atom stereocenters. The lowest BCUT2D eigenvalue weighted by molar-refractivity contribution is -0.137. The number of halogens is 4. The summed E-state index contributed by atoms with van der Waals surface area (Å²) < 4.78 is 43.2. The van der Waals surface area contributed by atoms with Gasteiger partial charge < -0.3 is 4.74 Å². The molecule has 1 aliphatic heterocycles. The highest BCUT2D eigenvalue weighted by Gasteiger charge is 2.32. The van der Waals surface area contributed by atoms with Crippen LogP contribution >= 0.6 is 12.4 Å². The second-order valence-corrected chi connectivity index (χ2v) is 5.23. The molecule has 0 amide bonds. The molecule has 1 aromatic rings. The van der Waals surface area contributed by atoms with Crippen LogP contribution in [0.4, 0.5) is 13.2 Å². The van der Waals surface area contributed by atoms with Gasteiger partial charge in [-0.15, -0.1) is 12.4 Å². The highest BCUT2D eigenvalue weighted by molar-refractivity contribution is 5.85. The lowest BCUT2D eigenvalue weighted by Gasteiger charge is -2.17. The summed E-state index contributed by atoms with van der Waals surface area (Å²) in [5.74, 6) is 0. The van der Waals surface area contributed by atoms with E-state index in [0.717, 1.165) is 6.07 Å². The third kappa shape index (κ3) is 4.37. The highest BCUT2D eigenvalue weighted by atomic mass is 35.5. The van der Waals surface area contributed by atoms with Crippen LogP contribution in [0.2, 0.25) is 0 Å². The van der Waals surface area contributed by atoms with Crippen LogP contribution in [0.3, 0.4) is 0 Å². The molecule has 19 heavy (non-hydrogen) atoms. The van der Waals surface area contributed by atoms with Crippen molar-refractivity contribution in [1.29, 1.82) is 0 Å². The Kier molecular flexibility index (Phi) is 4.87. The van der Waals surface area contributed by atoms with Crippen molar-refractivity contribution >= 4 is 12.4 Å². The summed E-state index contributed by atoms with van der Waals surface area (Å²) in [6, 6.07) is 5.37. The Morgan fingerprint density at radius 2 is 2.05 bits per heavy atom.